The SMILES string of the molecule is COC(=O)c1ccc2c(c1)nc(-c1cccc3[nH]c(=S)n(Cc4ccco4)c13)n2CCC1=CCCCC1. The maximum Gasteiger partial charge on any atom is 0.337 e. The number of carbonyl (C=O) groups excluding carboxylic acids is 1. The fourth-order valence-corrected chi connectivity index (χ4v) is 5.57. The molecule has 6 rings (SSSR count). The summed E-state index contributed by atoms with van der Waals surface area (Å²) >= 11 is 5.71. The van der Waals surface area contributed by atoms with Crippen molar-refractivity contribution in [1.29, 1.82) is 0 Å². The number of allylic oxidation sites excluding steroid dienone is 2. The van der Waals surface area contributed by atoms with Crippen molar-refractivity contribution in [2.75, 3.05) is 7.11 Å². The fraction of sp³-hybridized carbons (Fsp3) is 0.276. The van der Waals surface area contributed by atoms with Crippen molar-refractivity contribution in [2.45, 2.75) is 45.2 Å². The minimum Gasteiger partial charge on any atom is -0.467 e. The van der Waals surface area contributed by atoms with Gasteiger partial charge in [-0.05, 0) is 86.8 Å². The summed E-state index contributed by atoms with van der Waals surface area (Å²) in [4.78, 5) is 20.7. The summed E-state index contributed by atoms with van der Waals surface area (Å²) in [6.45, 7) is 1.32. The van der Waals surface area contributed by atoms with Crippen molar-refractivity contribution in [3.8, 4) is 11.4 Å². The molecule has 1 aliphatic rings. The van der Waals surface area contributed by atoms with Gasteiger partial charge in [0.15, 0.2) is 4.77 Å². The minimum absolute atomic E-state index is 0.370. The molecule has 0 aliphatic heterocycles. The zero-order valence-corrected chi connectivity index (χ0v) is 21.5. The monoisotopic (exact) mass is 512 g/mol. The highest BCUT2D eigenvalue weighted by Gasteiger charge is 2.20. The Balaban J connectivity index is 1.53. The molecule has 3 aromatic heterocycles. The summed E-state index contributed by atoms with van der Waals surface area (Å²) in [6, 6.07) is 15.6. The second-order valence-electron chi connectivity index (χ2n) is 9.44. The Morgan fingerprint density at radius 1 is 1.16 bits per heavy atom. The summed E-state index contributed by atoms with van der Waals surface area (Å²) in [5.41, 5.74) is 6.64. The van der Waals surface area contributed by atoms with E-state index in [1.54, 1.807) is 6.26 Å². The lowest BCUT2D eigenvalue weighted by molar-refractivity contribution is 0.0601. The number of aromatic nitrogens is 4. The van der Waals surface area contributed by atoms with Gasteiger partial charge in [-0.25, -0.2) is 9.78 Å². The van der Waals surface area contributed by atoms with Crippen molar-refractivity contribution in [2.24, 2.45) is 0 Å². The number of fused-ring (bicyclic) bond motifs is 2. The number of esters is 1. The van der Waals surface area contributed by atoms with E-state index >= 15 is 0 Å². The first kappa shape index (κ1) is 23.5. The lowest BCUT2D eigenvalue weighted by Gasteiger charge is -2.15. The molecular weight excluding hydrogens is 484 g/mol. The van der Waals surface area contributed by atoms with Crippen molar-refractivity contribution in [3.05, 3.63) is 82.5 Å². The van der Waals surface area contributed by atoms with Crippen LogP contribution < -0.4 is 0 Å². The average molecular weight is 513 g/mol. The van der Waals surface area contributed by atoms with Crippen LogP contribution in [0.2, 0.25) is 0 Å². The maximum atomic E-state index is 12.2. The van der Waals surface area contributed by atoms with Crippen molar-refractivity contribution in [3.63, 3.8) is 0 Å². The summed E-state index contributed by atoms with van der Waals surface area (Å²) in [6.07, 6.45) is 9.88. The van der Waals surface area contributed by atoms with Gasteiger partial charge < -0.3 is 23.3 Å². The molecule has 2 aromatic carbocycles. The van der Waals surface area contributed by atoms with Crippen LogP contribution in [0.1, 0.15) is 48.2 Å². The van der Waals surface area contributed by atoms with Crippen LogP contribution in [0.25, 0.3) is 33.5 Å². The van der Waals surface area contributed by atoms with Crippen LogP contribution in [0.15, 0.2) is 70.9 Å². The van der Waals surface area contributed by atoms with Gasteiger partial charge in [-0.1, -0.05) is 17.7 Å². The van der Waals surface area contributed by atoms with Crippen LogP contribution in [0.4, 0.5) is 0 Å². The lowest BCUT2D eigenvalue weighted by atomic mass is 9.97. The first-order valence-corrected chi connectivity index (χ1v) is 13.0. The van der Waals surface area contributed by atoms with Gasteiger partial charge in [-0.15, -0.1) is 0 Å². The third kappa shape index (κ3) is 4.42. The number of aromatic amines is 1. The molecule has 188 valence electrons. The van der Waals surface area contributed by atoms with Crippen LogP contribution in [-0.4, -0.2) is 32.2 Å². The van der Waals surface area contributed by atoms with Gasteiger partial charge in [0, 0.05) is 12.1 Å². The molecule has 8 heteroatoms. The van der Waals surface area contributed by atoms with Crippen molar-refractivity contribution < 1.29 is 13.9 Å². The number of benzene rings is 2. The predicted octanol–water partition coefficient (Wildman–Crippen LogP) is 7.03. The van der Waals surface area contributed by atoms with Gasteiger partial charge in [0.2, 0.25) is 0 Å². The number of nitrogens with one attached hydrogen (secondary N) is 1. The van der Waals surface area contributed by atoms with Crippen molar-refractivity contribution >= 4 is 40.3 Å². The topological polar surface area (TPSA) is 78.0 Å². The zero-order valence-electron chi connectivity index (χ0n) is 20.7. The van der Waals surface area contributed by atoms with Crippen LogP contribution >= 0.6 is 12.2 Å². The Labute approximate surface area is 219 Å². The standard InChI is InChI=1S/C29H28N4O3S/c1-35-28(34)20-12-13-25-24(17-20)30-27(32(25)15-14-19-7-3-2-4-8-19)22-10-5-11-23-26(22)33(29(37)31-23)18-21-9-6-16-36-21/h5-7,9-13,16-17H,2-4,8,14-15,18H2,1H3,(H,31,37). The first-order valence-electron chi connectivity index (χ1n) is 12.6. The van der Waals surface area contributed by atoms with E-state index in [1.807, 2.05) is 42.5 Å². The molecule has 0 saturated carbocycles. The largest absolute Gasteiger partial charge is 0.467 e. The predicted molar refractivity (Wildman–Crippen MR) is 146 cm³/mol. The lowest BCUT2D eigenvalue weighted by Crippen LogP contribution is -2.05. The Morgan fingerprint density at radius 3 is 2.86 bits per heavy atom. The number of rotatable bonds is 7. The summed E-state index contributed by atoms with van der Waals surface area (Å²) in [5, 5.41) is 0. The van der Waals surface area contributed by atoms with Crippen LogP contribution in [-0.2, 0) is 17.8 Å². The normalized spacial score (nSPS) is 13.8. The first-order chi connectivity index (χ1) is 18.1. The molecule has 0 bridgehead atoms. The van der Waals surface area contributed by atoms with E-state index in [1.165, 1.54) is 25.5 Å². The number of furan rings is 1. The number of aryl methyl sites for hydroxylation is 1. The van der Waals surface area contributed by atoms with Crippen LogP contribution in [0, 0.1) is 4.77 Å². The Hall–Kier alpha value is -3.91. The second-order valence-corrected chi connectivity index (χ2v) is 9.82. The molecule has 0 atom stereocenters. The second kappa shape index (κ2) is 9.86. The molecule has 37 heavy (non-hydrogen) atoms. The van der Waals surface area contributed by atoms with Crippen molar-refractivity contribution in [1.82, 2.24) is 19.1 Å². The minimum atomic E-state index is -0.370. The maximum absolute atomic E-state index is 12.2. The van der Waals surface area contributed by atoms with Gasteiger partial charge in [-0.3, -0.25) is 0 Å². The van der Waals surface area contributed by atoms with E-state index in [4.69, 9.17) is 26.4 Å². The average Bonchev–Trinajstić information content (AvgIpc) is 3.65. The van der Waals surface area contributed by atoms with Crippen LogP contribution in [0.3, 0.4) is 0 Å². The number of H-pyrrole nitrogens is 1. The molecule has 0 fully saturated rings. The number of hydrogen-bond acceptors (Lipinski definition) is 5. The number of methoxy groups -OCH3 is 1. The summed E-state index contributed by atoms with van der Waals surface area (Å²) < 4.78 is 15.5. The molecule has 7 nitrogen and oxygen atoms in total. The third-order valence-electron chi connectivity index (χ3n) is 7.14. The van der Waals surface area contributed by atoms with E-state index in [-0.39, 0.29) is 5.97 Å². The van der Waals surface area contributed by atoms with E-state index < -0.39 is 0 Å². The number of imidazole rings is 2. The number of carbonyl (C=O) groups is 1. The molecule has 0 radical (unpaired) electrons. The molecule has 0 spiro atoms. The zero-order chi connectivity index (χ0) is 25.4. The van der Waals surface area contributed by atoms with Crippen LogP contribution in [0.5, 0.6) is 0 Å². The Morgan fingerprint density at radius 2 is 2.08 bits per heavy atom. The molecule has 1 aliphatic carbocycles. The molecule has 1 N–H and O–H groups in total. The van der Waals surface area contributed by atoms with E-state index in [9.17, 15) is 4.79 Å². The summed E-state index contributed by atoms with van der Waals surface area (Å²) in [5.74, 6) is 1.30. The smallest absolute Gasteiger partial charge is 0.337 e. The third-order valence-corrected chi connectivity index (χ3v) is 7.46. The Kier molecular flexibility index (Phi) is 6.26. The molecule has 0 unspecified atom stereocenters. The van der Waals surface area contributed by atoms with Gasteiger partial charge in [0.05, 0.1) is 47.5 Å². The molecule has 0 saturated heterocycles. The number of para-hydroxylation sites is 1. The van der Waals surface area contributed by atoms with Gasteiger partial charge >= 0.3 is 5.97 Å². The number of nitrogens with zero attached hydrogens (tertiary/aromatic N) is 3. The highest BCUT2D eigenvalue weighted by Crippen LogP contribution is 2.33. The van der Waals surface area contributed by atoms with Gasteiger partial charge in [0.25, 0.3) is 0 Å². The van der Waals surface area contributed by atoms with E-state index in [0.717, 1.165) is 65.0 Å². The molecule has 3 heterocycles. The van der Waals surface area contributed by atoms with E-state index in [0.29, 0.717) is 16.9 Å². The highest BCUT2D eigenvalue weighted by molar-refractivity contribution is 7.71. The molecular formula is C29H28N4O3S. The number of hydrogen-bond donors (Lipinski definition) is 1. The quantitative estimate of drug-likeness (QED) is 0.144. The Bertz CT molecular complexity index is 1690. The van der Waals surface area contributed by atoms with Gasteiger partial charge in [-0.2, -0.15) is 0 Å². The van der Waals surface area contributed by atoms with Gasteiger partial charge in [0.1, 0.15) is 11.6 Å². The highest BCUT2D eigenvalue weighted by atomic mass is 32.1. The fourth-order valence-electron chi connectivity index (χ4n) is 5.30. The summed E-state index contributed by atoms with van der Waals surface area (Å²) in [7, 11) is 1.39. The molecule has 5 aromatic rings. The van der Waals surface area contributed by atoms with E-state index in [2.05, 4.69) is 26.3 Å². The molecule has 0 amide bonds. The number of ether oxygens (including phenoxy) is 1.